The van der Waals surface area contributed by atoms with Gasteiger partial charge in [0.05, 0.1) is 7.11 Å². The Labute approximate surface area is 107 Å². The van der Waals surface area contributed by atoms with Gasteiger partial charge in [0.15, 0.2) is 0 Å². The molecule has 0 aliphatic heterocycles. The highest BCUT2D eigenvalue weighted by Gasteiger charge is 2.41. The van der Waals surface area contributed by atoms with Gasteiger partial charge in [-0.15, -0.1) is 11.8 Å². The second-order valence-electron chi connectivity index (χ2n) is 3.54. The summed E-state index contributed by atoms with van der Waals surface area (Å²) >= 11 is 1.01. The number of nitrogens with two attached hydrogens (primary N) is 1. The molecule has 1 aromatic carbocycles. The van der Waals surface area contributed by atoms with Crippen LogP contribution in [0.15, 0.2) is 29.2 Å². The van der Waals surface area contributed by atoms with E-state index in [1.165, 1.54) is 7.11 Å². The predicted molar refractivity (Wildman–Crippen MR) is 65.2 cm³/mol. The van der Waals surface area contributed by atoms with Crippen LogP contribution >= 0.6 is 11.8 Å². The molecule has 0 aromatic heterocycles. The number of ether oxygens (including phenoxy) is 1. The molecule has 0 radical (unpaired) electrons. The largest absolute Gasteiger partial charge is 0.497 e. The van der Waals surface area contributed by atoms with Crippen LogP contribution in [0.25, 0.3) is 0 Å². The third kappa shape index (κ3) is 4.14. The summed E-state index contributed by atoms with van der Waals surface area (Å²) in [7, 11) is 1.51. The summed E-state index contributed by atoms with van der Waals surface area (Å²) in [6.07, 6.45) is -4.48. The van der Waals surface area contributed by atoms with Crippen LogP contribution in [-0.2, 0) is 0 Å². The topological polar surface area (TPSA) is 59.1 Å². The molecule has 0 spiro atoms. The van der Waals surface area contributed by atoms with Crippen molar-refractivity contribution in [2.45, 2.75) is 11.1 Å². The lowest BCUT2D eigenvalue weighted by Crippen LogP contribution is -2.36. The highest BCUT2D eigenvalue weighted by atomic mass is 32.2. The molecule has 0 bridgehead atoms. The van der Waals surface area contributed by atoms with Crippen molar-refractivity contribution in [1.29, 1.82) is 5.41 Å². The van der Waals surface area contributed by atoms with Crippen molar-refractivity contribution in [3.05, 3.63) is 24.3 Å². The maximum atomic E-state index is 12.5. The van der Waals surface area contributed by atoms with Crippen LogP contribution < -0.4 is 10.5 Å². The summed E-state index contributed by atoms with van der Waals surface area (Å²) in [6.45, 7) is 0. The Morgan fingerprint density at radius 3 is 2.33 bits per heavy atom. The van der Waals surface area contributed by atoms with Gasteiger partial charge in [-0.3, -0.25) is 5.41 Å². The molecule has 0 fully saturated rings. The number of benzene rings is 1. The minimum absolute atomic E-state index is 0.300. The van der Waals surface area contributed by atoms with E-state index in [9.17, 15) is 13.2 Å². The number of methoxy groups -OCH3 is 1. The van der Waals surface area contributed by atoms with E-state index in [-0.39, 0.29) is 5.75 Å². The van der Waals surface area contributed by atoms with Crippen LogP contribution in [0.5, 0.6) is 5.75 Å². The highest BCUT2D eigenvalue weighted by molar-refractivity contribution is 7.99. The maximum Gasteiger partial charge on any atom is 0.399 e. The maximum absolute atomic E-state index is 12.5. The number of alkyl halides is 3. The predicted octanol–water partition coefficient (Wildman–Crippen LogP) is 2.90. The molecule has 0 aliphatic rings. The number of thioether (sulfide) groups is 1. The van der Waals surface area contributed by atoms with Gasteiger partial charge >= 0.3 is 6.18 Å². The van der Waals surface area contributed by atoms with Gasteiger partial charge in [-0.1, -0.05) is 0 Å². The monoisotopic (exact) mass is 278 g/mol. The molecule has 0 heterocycles. The average molecular weight is 278 g/mol. The van der Waals surface area contributed by atoms with Crippen molar-refractivity contribution in [2.24, 2.45) is 11.7 Å². The quantitative estimate of drug-likeness (QED) is 0.494. The zero-order valence-corrected chi connectivity index (χ0v) is 10.4. The third-order valence-corrected chi connectivity index (χ3v) is 3.35. The van der Waals surface area contributed by atoms with Crippen molar-refractivity contribution in [2.75, 3.05) is 12.9 Å². The zero-order chi connectivity index (χ0) is 13.8. The summed E-state index contributed by atoms with van der Waals surface area (Å²) in [6, 6.07) is 6.66. The third-order valence-electron chi connectivity index (χ3n) is 2.25. The summed E-state index contributed by atoms with van der Waals surface area (Å²) in [5, 5.41) is 6.96. The van der Waals surface area contributed by atoms with Crippen LogP contribution in [0, 0.1) is 11.3 Å². The Bertz CT molecular complexity index is 406. The molecule has 100 valence electrons. The van der Waals surface area contributed by atoms with Crippen molar-refractivity contribution < 1.29 is 17.9 Å². The van der Waals surface area contributed by atoms with Gasteiger partial charge in [0.1, 0.15) is 17.5 Å². The van der Waals surface area contributed by atoms with Crippen LogP contribution in [0.4, 0.5) is 13.2 Å². The first-order valence-electron chi connectivity index (χ1n) is 5.02. The van der Waals surface area contributed by atoms with Crippen LogP contribution in [-0.4, -0.2) is 24.9 Å². The molecular formula is C11H13F3N2OS. The van der Waals surface area contributed by atoms with E-state index in [4.69, 9.17) is 15.9 Å². The fourth-order valence-corrected chi connectivity index (χ4v) is 2.27. The molecule has 3 N–H and O–H groups in total. The number of hydrogen-bond acceptors (Lipinski definition) is 3. The van der Waals surface area contributed by atoms with Crippen molar-refractivity contribution >= 4 is 17.6 Å². The lowest BCUT2D eigenvalue weighted by Gasteiger charge is -2.18. The number of rotatable bonds is 5. The summed E-state index contributed by atoms with van der Waals surface area (Å²) in [5.74, 6) is -2.43. The zero-order valence-electron chi connectivity index (χ0n) is 9.62. The minimum atomic E-state index is -4.48. The lowest BCUT2D eigenvalue weighted by molar-refractivity contribution is -0.149. The SMILES string of the molecule is COc1ccc(SCC(C(=N)N)C(F)(F)F)cc1. The van der Waals surface area contributed by atoms with Gasteiger partial charge in [0.25, 0.3) is 0 Å². The second kappa shape index (κ2) is 5.99. The van der Waals surface area contributed by atoms with Gasteiger partial charge in [-0.05, 0) is 24.3 Å². The van der Waals surface area contributed by atoms with Crippen molar-refractivity contribution in [3.8, 4) is 5.75 Å². The van der Waals surface area contributed by atoms with Gasteiger partial charge < -0.3 is 10.5 Å². The molecule has 0 saturated carbocycles. The number of halogens is 3. The number of hydrogen-bond donors (Lipinski definition) is 2. The van der Waals surface area contributed by atoms with Gasteiger partial charge in [-0.25, -0.2) is 0 Å². The Morgan fingerprint density at radius 2 is 1.94 bits per heavy atom. The van der Waals surface area contributed by atoms with Gasteiger partial charge in [0, 0.05) is 10.6 Å². The Balaban J connectivity index is 2.64. The van der Waals surface area contributed by atoms with E-state index in [0.29, 0.717) is 10.6 Å². The first-order chi connectivity index (χ1) is 8.34. The molecule has 18 heavy (non-hydrogen) atoms. The van der Waals surface area contributed by atoms with Crippen LogP contribution in [0.3, 0.4) is 0 Å². The first-order valence-corrected chi connectivity index (χ1v) is 6.00. The summed E-state index contributed by atoms with van der Waals surface area (Å²) < 4.78 is 42.6. The molecule has 0 saturated heterocycles. The fraction of sp³-hybridized carbons (Fsp3) is 0.364. The van der Waals surface area contributed by atoms with Crippen LogP contribution in [0.1, 0.15) is 0 Å². The van der Waals surface area contributed by atoms with Crippen molar-refractivity contribution in [1.82, 2.24) is 0 Å². The average Bonchev–Trinajstić information content (AvgIpc) is 2.28. The number of amidine groups is 1. The Kier molecular flexibility index (Phi) is 4.89. The molecule has 3 nitrogen and oxygen atoms in total. The summed E-state index contributed by atoms with van der Waals surface area (Å²) in [4.78, 5) is 0.673. The highest BCUT2D eigenvalue weighted by Crippen LogP contribution is 2.32. The smallest absolute Gasteiger partial charge is 0.399 e. The van der Waals surface area contributed by atoms with E-state index in [0.717, 1.165) is 11.8 Å². The molecule has 1 rings (SSSR count). The molecule has 1 aromatic rings. The molecule has 7 heteroatoms. The summed E-state index contributed by atoms with van der Waals surface area (Å²) in [5.41, 5.74) is 4.96. The van der Waals surface area contributed by atoms with Crippen molar-refractivity contribution in [3.63, 3.8) is 0 Å². The second-order valence-corrected chi connectivity index (χ2v) is 4.63. The molecule has 0 amide bonds. The van der Waals surface area contributed by atoms with E-state index in [2.05, 4.69) is 0 Å². The van der Waals surface area contributed by atoms with Gasteiger partial charge in [0.2, 0.25) is 0 Å². The lowest BCUT2D eigenvalue weighted by atomic mass is 10.1. The van der Waals surface area contributed by atoms with Gasteiger partial charge in [-0.2, -0.15) is 13.2 Å². The molecule has 0 aliphatic carbocycles. The standard InChI is InChI=1S/C11H13F3N2OS/c1-17-7-2-4-8(5-3-7)18-6-9(10(15)16)11(12,13)14/h2-5,9H,6H2,1H3,(H3,15,16). The Hall–Kier alpha value is -1.37. The Morgan fingerprint density at radius 1 is 1.39 bits per heavy atom. The van der Waals surface area contributed by atoms with E-state index >= 15 is 0 Å². The normalized spacial score (nSPS) is 13.1. The van der Waals surface area contributed by atoms with E-state index in [1.807, 2.05) is 0 Å². The minimum Gasteiger partial charge on any atom is -0.497 e. The van der Waals surface area contributed by atoms with E-state index in [1.54, 1.807) is 24.3 Å². The van der Waals surface area contributed by atoms with Crippen LogP contribution in [0.2, 0.25) is 0 Å². The molecule has 1 atom stereocenters. The van der Waals surface area contributed by atoms with E-state index < -0.39 is 17.9 Å². The first kappa shape index (κ1) is 14.7. The molecule has 1 unspecified atom stereocenters. The number of nitrogens with one attached hydrogen (secondary N) is 1. The fourth-order valence-electron chi connectivity index (χ4n) is 1.21. The molecular weight excluding hydrogens is 265 g/mol.